The van der Waals surface area contributed by atoms with Crippen molar-refractivity contribution in [3.05, 3.63) is 63.2 Å². The number of nitrogens with two attached hydrogens (primary N) is 1. The summed E-state index contributed by atoms with van der Waals surface area (Å²) < 4.78 is 7.61. The molecule has 0 aliphatic carbocycles. The highest BCUT2D eigenvalue weighted by molar-refractivity contribution is 6.08. The van der Waals surface area contributed by atoms with E-state index in [0.29, 0.717) is 41.6 Å². The smallest absolute Gasteiger partial charge is 0.256 e. The molecule has 9 nitrogen and oxygen atoms in total. The van der Waals surface area contributed by atoms with Crippen molar-refractivity contribution in [2.75, 3.05) is 26.7 Å². The quantitative estimate of drug-likeness (QED) is 0.467. The van der Waals surface area contributed by atoms with Gasteiger partial charge in [-0.15, -0.1) is 0 Å². The Morgan fingerprint density at radius 3 is 2.58 bits per heavy atom. The molecule has 4 rings (SSSR count). The van der Waals surface area contributed by atoms with Crippen molar-refractivity contribution in [3.63, 3.8) is 0 Å². The molecule has 36 heavy (non-hydrogen) atoms. The number of benzene rings is 1. The lowest BCUT2D eigenvalue weighted by molar-refractivity contribution is -0.131. The second kappa shape index (κ2) is 10.6. The number of methoxy groups -OCH3 is 1. The Labute approximate surface area is 210 Å². The van der Waals surface area contributed by atoms with Crippen LogP contribution in [0.1, 0.15) is 53.1 Å². The summed E-state index contributed by atoms with van der Waals surface area (Å²) in [5, 5.41) is 3.81. The minimum Gasteiger partial charge on any atom is -0.496 e. The fourth-order valence-corrected chi connectivity index (χ4v) is 5.47. The van der Waals surface area contributed by atoms with Crippen molar-refractivity contribution >= 4 is 22.7 Å². The van der Waals surface area contributed by atoms with E-state index in [4.69, 9.17) is 10.5 Å². The lowest BCUT2D eigenvalue weighted by Crippen LogP contribution is -2.42. The number of aromatic amines is 1. The van der Waals surface area contributed by atoms with Crippen LogP contribution in [0.15, 0.2) is 35.1 Å². The van der Waals surface area contributed by atoms with Gasteiger partial charge < -0.3 is 30.2 Å². The van der Waals surface area contributed by atoms with Gasteiger partial charge in [-0.1, -0.05) is 18.2 Å². The molecule has 1 aliphatic heterocycles. The fraction of sp³-hybridized carbons (Fsp3) is 0.444. The molecule has 0 spiro atoms. The first-order valence-corrected chi connectivity index (χ1v) is 12.4. The number of rotatable bonds is 7. The summed E-state index contributed by atoms with van der Waals surface area (Å²) in [5.41, 5.74) is 8.82. The number of carbonyl (C=O) groups is 2. The van der Waals surface area contributed by atoms with Gasteiger partial charge in [-0.25, -0.2) is 0 Å². The van der Waals surface area contributed by atoms with Gasteiger partial charge >= 0.3 is 0 Å². The topological polar surface area (TPSA) is 122 Å². The zero-order chi connectivity index (χ0) is 26.0. The Hall–Kier alpha value is -3.59. The molecule has 2 amide bonds. The molecule has 0 radical (unpaired) electrons. The molecule has 0 saturated carbocycles. The monoisotopic (exact) mass is 493 g/mol. The highest BCUT2D eigenvalue weighted by atomic mass is 16.5. The average molecular weight is 494 g/mol. The summed E-state index contributed by atoms with van der Waals surface area (Å²) in [6.07, 6.45) is 1.77. The maximum atomic E-state index is 13.5. The van der Waals surface area contributed by atoms with Gasteiger partial charge in [-0.2, -0.15) is 0 Å². The maximum absolute atomic E-state index is 13.5. The largest absolute Gasteiger partial charge is 0.496 e. The van der Waals surface area contributed by atoms with Gasteiger partial charge in [0.05, 0.1) is 31.3 Å². The number of pyridine rings is 1. The zero-order valence-corrected chi connectivity index (χ0v) is 21.4. The number of fused-ring (bicyclic) bond motifs is 1. The van der Waals surface area contributed by atoms with E-state index in [1.165, 1.54) is 7.11 Å². The molecule has 192 valence electrons. The standard InChI is InChI=1S/C27H35N5O4/c1-16-13-23(36-4)21(26(34)30-16)15-29-27(35)25-18(3)32(22-8-6-5-7-20(22)25)17(2)19-9-11-31(12-10-19)24(33)14-28/h5-8,13,17,19H,9-12,14-15,28H2,1-4H3,(H,29,35)(H,30,34)/t17-/m1/s1. The molecule has 3 heterocycles. The van der Waals surface area contributed by atoms with Crippen LogP contribution in [0.2, 0.25) is 0 Å². The number of aromatic nitrogens is 2. The van der Waals surface area contributed by atoms with Crippen LogP contribution in [0.3, 0.4) is 0 Å². The Kier molecular flexibility index (Phi) is 7.49. The number of para-hydroxylation sites is 1. The number of piperidine rings is 1. The summed E-state index contributed by atoms with van der Waals surface area (Å²) in [7, 11) is 1.51. The highest BCUT2D eigenvalue weighted by Crippen LogP contribution is 2.35. The molecule has 1 aromatic carbocycles. The molecule has 2 aromatic heterocycles. The van der Waals surface area contributed by atoms with E-state index < -0.39 is 0 Å². The van der Waals surface area contributed by atoms with Gasteiger partial charge in [0.25, 0.3) is 11.5 Å². The van der Waals surface area contributed by atoms with E-state index in [-0.39, 0.29) is 36.5 Å². The average Bonchev–Trinajstić information content (AvgIpc) is 3.18. The van der Waals surface area contributed by atoms with Crippen molar-refractivity contribution in [2.45, 2.75) is 46.2 Å². The number of carbonyl (C=O) groups excluding carboxylic acids is 2. The summed E-state index contributed by atoms with van der Waals surface area (Å²) in [6, 6.07) is 9.79. The van der Waals surface area contributed by atoms with Gasteiger partial charge in [0.1, 0.15) is 5.75 Å². The summed E-state index contributed by atoms with van der Waals surface area (Å²) in [4.78, 5) is 42.5. The Balaban J connectivity index is 1.60. The number of ether oxygens (including phenoxy) is 1. The van der Waals surface area contributed by atoms with Crippen molar-refractivity contribution in [2.24, 2.45) is 11.7 Å². The van der Waals surface area contributed by atoms with Crippen molar-refractivity contribution < 1.29 is 14.3 Å². The third-order valence-electron chi connectivity index (χ3n) is 7.42. The first-order valence-electron chi connectivity index (χ1n) is 12.4. The van der Waals surface area contributed by atoms with Gasteiger partial charge in [-0.05, 0) is 51.7 Å². The van der Waals surface area contributed by atoms with Crippen molar-refractivity contribution in [3.8, 4) is 5.75 Å². The number of nitrogens with one attached hydrogen (secondary N) is 2. The molecule has 0 bridgehead atoms. The Bertz CT molecular complexity index is 1330. The number of amides is 2. The minimum absolute atomic E-state index is 0.00769. The number of nitrogens with zero attached hydrogens (tertiary/aromatic N) is 2. The van der Waals surface area contributed by atoms with Crippen LogP contribution in [0.4, 0.5) is 0 Å². The van der Waals surface area contributed by atoms with Crippen LogP contribution in [-0.2, 0) is 11.3 Å². The van der Waals surface area contributed by atoms with Crippen LogP contribution in [0, 0.1) is 19.8 Å². The maximum Gasteiger partial charge on any atom is 0.256 e. The molecule has 1 atom stereocenters. The summed E-state index contributed by atoms with van der Waals surface area (Å²) in [6.45, 7) is 7.43. The number of likely N-dealkylation sites (tertiary alicyclic amines) is 1. The molecular weight excluding hydrogens is 458 g/mol. The first kappa shape index (κ1) is 25.5. The van der Waals surface area contributed by atoms with Crippen LogP contribution in [0.25, 0.3) is 10.9 Å². The molecule has 9 heteroatoms. The van der Waals surface area contributed by atoms with Gasteiger partial charge in [-0.3, -0.25) is 14.4 Å². The second-order valence-electron chi connectivity index (χ2n) is 9.52. The minimum atomic E-state index is -0.278. The highest BCUT2D eigenvalue weighted by Gasteiger charge is 2.30. The first-order chi connectivity index (χ1) is 17.3. The normalized spacial score (nSPS) is 15.2. The fourth-order valence-electron chi connectivity index (χ4n) is 5.47. The van der Waals surface area contributed by atoms with Gasteiger partial charge in [0.15, 0.2) is 0 Å². The van der Waals surface area contributed by atoms with Crippen LogP contribution < -0.4 is 21.3 Å². The van der Waals surface area contributed by atoms with Crippen molar-refractivity contribution in [1.29, 1.82) is 0 Å². The van der Waals surface area contributed by atoms with E-state index in [1.54, 1.807) is 13.0 Å². The predicted molar refractivity (Wildman–Crippen MR) is 139 cm³/mol. The van der Waals surface area contributed by atoms with E-state index in [9.17, 15) is 14.4 Å². The zero-order valence-electron chi connectivity index (χ0n) is 21.4. The number of hydrogen-bond acceptors (Lipinski definition) is 5. The molecule has 1 fully saturated rings. The third kappa shape index (κ3) is 4.75. The Morgan fingerprint density at radius 2 is 1.92 bits per heavy atom. The molecule has 4 N–H and O–H groups in total. The van der Waals surface area contributed by atoms with E-state index in [2.05, 4.69) is 21.8 Å². The number of H-pyrrole nitrogens is 1. The third-order valence-corrected chi connectivity index (χ3v) is 7.42. The molecule has 0 unspecified atom stereocenters. The molecule has 1 aliphatic rings. The number of hydrogen-bond donors (Lipinski definition) is 3. The Morgan fingerprint density at radius 1 is 1.22 bits per heavy atom. The van der Waals surface area contributed by atoms with E-state index in [0.717, 1.165) is 29.4 Å². The SMILES string of the molecule is COc1cc(C)[nH]c(=O)c1CNC(=O)c1c(C)n([C@H](C)C2CCN(C(=O)CN)CC2)c2ccccc12. The molecular formula is C27H35N5O4. The molecule has 3 aromatic rings. The molecule has 1 saturated heterocycles. The van der Waals surface area contributed by atoms with Crippen LogP contribution in [0.5, 0.6) is 5.75 Å². The summed E-state index contributed by atoms with van der Waals surface area (Å²) >= 11 is 0. The lowest BCUT2D eigenvalue weighted by Gasteiger charge is -2.36. The predicted octanol–water partition coefficient (Wildman–Crippen LogP) is 2.64. The second-order valence-corrected chi connectivity index (χ2v) is 9.52. The van der Waals surface area contributed by atoms with E-state index >= 15 is 0 Å². The van der Waals surface area contributed by atoms with E-state index in [1.807, 2.05) is 36.1 Å². The van der Waals surface area contributed by atoms with Crippen LogP contribution in [-0.4, -0.2) is 53.0 Å². The summed E-state index contributed by atoms with van der Waals surface area (Å²) in [5.74, 6) is 0.572. The van der Waals surface area contributed by atoms with Gasteiger partial charge in [0, 0.05) is 41.4 Å². The van der Waals surface area contributed by atoms with Gasteiger partial charge in [0.2, 0.25) is 5.91 Å². The van der Waals surface area contributed by atoms with Crippen molar-refractivity contribution in [1.82, 2.24) is 19.8 Å². The van der Waals surface area contributed by atoms with Crippen LogP contribution >= 0.6 is 0 Å². The lowest BCUT2D eigenvalue weighted by atomic mass is 9.90. The number of aryl methyl sites for hydroxylation is 1.